The molecule has 0 radical (unpaired) electrons. The number of aromatic nitrogens is 3. The summed E-state index contributed by atoms with van der Waals surface area (Å²) in [4.78, 5) is 15.8. The predicted molar refractivity (Wildman–Crippen MR) is 117 cm³/mol. The van der Waals surface area contributed by atoms with E-state index in [1.54, 1.807) is 18.4 Å². The van der Waals surface area contributed by atoms with Crippen LogP contribution in [0.5, 0.6) is 5.75 Å². The third-order valence-corrected chi connectivity index (χ3v) is 6.35. The average molecular weight is 432 g/mol. The topological polar surface area (TPSA) is 72.3 Å². The van der Waals surface area contributed by atoms with Gasteiger partial charge in [-0.25, -0.2) is 0 Å². The van der Waals surface area contributed by atoms with Gasteiger partial charge in [-0.15, -0.1) is 21.5 Å². The van der Waals surface area contributed by atoms with Gasteiger partial charge in [-0.3, -0.25) is 9.36 Å². The van der Waals surface area contributed by atoms with Crippen molar-refractivity contribution in [2.45, 2.75) is 18.1 Å². The van der Waals surface area contributed by atoms with Crippen molar-refractivity contribution in [1.82, 2.24) is 25.0 Å². The second kappa shape index (κ2) is 9.91. The first-order valence-electron chi connectivity index (χ1n) is 9.15. The van der Waals surface area contributed by atoms with Crippen LogP contribution in [-0.4, -0.2) is 59.1 Å². The van der Waals surface area contributed by atoms with Gasteiger partial charge in [0.05, 0.1) is 18.9 Å². The second-order valence-electron chi connectivity index (χ2n) is 6.65. The summed E-state index contributed by atoms with van der Waals surface area (Å²) in [5.41, 5.74) is 0.932. The predicted octanol–water partition coefficient (Wildman–Crippen LogP) is 3.16. The number of ether oxygens (including phenoxy) is 1. The standard InChI is InChI=1S/C20H25N5O2S2/c1-14-22-23-20(25(14)15-7-9-16(27-4)10-8-15)29-13-19(26)21-12-17(24(2)3)18-6-5-11-28-18/h5-11,17H,12-13H2,1-4H3,(H,21,26). The highest BCUT2D eigenvalue weighted by Gasteiger charge is 2.17. The lowest BCUT2D eigenvalue weighted by atomic mass is 10.2. The summed E-state index contributed by atoms with van der Waals surface area (Å²) in [5, 5.41) is 14.2. The zero-order chi connectivity index (χ0) is 20.8. The Balaban J connectivity index is 1.60. The molecule has 9 heteroatoms. The van der Waals surface area contributed by atoms with E-state index in [4.69, 9.17) is 4.74 Å². The maximum atomic E-state index is 12.4. The molecule has 1 atom stereocenters. The number of thioether (sulfide) groups is 1. The first kappa shape index (κ1) is 21.4. The smallest absolute Gasteiger partial charge is 0.230 e. The summed E-state index contributed by atoms with van der Waals surface area (Å²) in [6.07, 6.45) is 0. The Bertz CT molecular complexity index is 923. The molecule has 1 unspecified atom stereocenters. The number of carbonyl (C=O) groups is 1. The molecule has 2 aromatic heterocycles. The van der Waals surface area contributed by atoms with Gasteiger partial charge in [0.1, 0.15) is 11.6 Å². The van der Waals surface area contributed by atoms with Gasteiger partial charge in [-0.1, -0.05) is 17.8 Å². The van der Waals surface area contributed by atoms with Crippen LogP contribution in [0.15, 0.2) is 46.9 Å². The van der Waals surface area contributed by atoms with E-state index >= 15 is 0 Å². The van der Waals surface area contributed by atoms with E-state index in [1.807, 2.05) is 55.9 Å². The van der Waals surface area contributed by atoms with Crippen molar-refractivity contribution in [3.8, 4) is 11.4 Å². The number of hydrogen-bond donors (Lipinski definition) is 1. The monoisotopic (exact) mass is 431 g/mol. The van der Waals surface area contributed by atoms with Crippen molar-refractivity contribution >= 4 is 29.0 Å². The Morgan fingerprint density at radius 3 is 2.66 bits per heavy atom. The number of nitrogens with one attached hydrogen (secondary N) is 1. The maximum absolute atomic E-state index is 12.4. The Kier molecular flexibility index (Phi) is 7.29. The number of likely N-dealkylation sites (N-methyl/N-ethyl adjacent to an activating group) is 1. The highest BCUT2D eigenvalue weighted by atomic mass is 32.2. The lowest BCUT2D eigenvalue weighted by Gasteiger charge is -2.23. The van der Waals surface area contributed by atoms with Gasteiger partial charge in [0, 0.05) is 17.1 Å². The summed E-state index contributed by atoms with van der Waals surface area (Å²) in [6, 6.07) is 12.0. The fourth-order valence-corrected chi connectivity index (χ4v) is 4.63. The number of amides is 1. The fourth-order valence-electron chi connectivity index (χ4n) is 2.88. The normalized spacial score (nSPS) is 12.2. The molecular weight excluding hydrogens is 406 g/mol. The van der Waals surface area contributed by atoms with Gasteiger partial charge in [0.2, 0.25) is 5.91 Å². The molecule has 0 spiro atoms. The van der Waals surface area contributed by atoms with Crippen LogP contribution in [0.4, 0.5) is 0 Å². The summed E-state index contributed by atoms with van der Waals surface area (Å²) in [5.74, 6) is 1.80. The maximum Gasteiger partial charge on any atom is 0.230 e. The average Bonchev–Trinajstić information content (AvgIpc) is 3.36. The molecule has 0 fully saturated rings. The van der Waals surface area contributed by atoms with Gasteiger partial charge in [-0.2, -0.15) is 0 Å². The lowest BCUT2D eigenvalue weighted by molar-refractivity contribution is -0.118. The molecule has 0 saturated heterocycles. The van der Waals surface area contributed by atoms with Crippen molar-refractivity contribution < 1.29 is 9.53 Å². The van der Waals surface area contributed by atoms with Crippen LogP contribution >= 0.6 is 23.1 Å². The van der Waals surface area contributed by atoms with E-state index in [2.05, 4.69) is 31.9 Å². The number of rotatable bonds is 9. The molecular formula is C20H25N5O2S2. The lowest BCUT2D eigenvalue weighted by Crippen LogP contribution is -2.35. The quantitative estimate of drug-likeness (QED) is 0.525. The number of nitrogens with zero attached hydrogens (tertiary/aromatic N) is 4. The molecule has 3 rings (SSSR count). The zero-order valence-corrected chi connectivity index (χ0v) is 18.6. The van der Waals surface area contributed by atoms with Crippen LogP contribution in [0.2, 0.25) is 0 Å². The van der Waals surface area contributed by atoms with Crippen molar-refractivity contribution in [3.63, 3.8) is 0 Å². The molecule has 0 bridgehead atoms. The zero-order valence-electron chi connectivity index (χ0n) is 17.0. The largest absolute Gasteiger partial charge is 0.497 e. The molecule has 1 amide bonds. The first-order valence-corrected chi connectivity index (χ1v) is 11.0. The van der Waals surface area contributed by atoms with Crippen molar-refractivity contribution in [1.29, 1.82) is 0 Å². The Morgan fingerprint density at radius 2 is 2.03 bits per heavy atom. The van der Waals surface area contributed by atoms with Crippen LogP contribution in [0.25, 0.3) is 5.69 Å². The molecule has 7 nitrogen and oxygen atoms in total. The Labute approximate surface area is 179 Å². The molecule has 1 aromatic carbocycles. The van der Waals surface area contributed by atoms with Gasteiger partial charge < -0.3 is 15.0 Å². The summed E-state index contributed by atoms with van der Waals surface area (Å²) in [7, 11) is 5.68. The minimum Gasteiger partial charge on any atom is -0.497 e. The van der Waals surface area contributed by atoms with E-state index in [1.165, 1.54) is 16.6 Å². The van der Waals surface area contributed by atoms with Gasteiger partial charge in [0.25, 0.3) is 0 Å². The molecule has 2 heterocycles. The van der Waals surface area contributed by atoms with Crippen LogP contribution in [-0.2, 0) is 4.79 Å². The van der Waals surface area contributed by atoms with Crippen LogP contribution < -0.4 is 10.1 Å². The van der Waals surface area contributed by atoms with Crippen LogP contribution in [0.1, 0.15) is 16.7 Å². The van der Waals surface area contributed by atoms with Crippen LogP contribution in [0, 0.1) is 6.92 Å². The van der Waals surface area contributed by atoms with Crippen molar-refractivity contribution in [3.05, 3.63) is 52.5 Å². The molecule has 0 aliphatic carbocycles. The summed E-state index contributed by atoms with van der Waals surface area (Å²) in [6.45, 7) is 2.46. The minimum atomic E-state index is -0.0275. The molecule has 1 N–H and O–H groups in total. The number of aryl methyl sites for hydroxylation is 1. The van der Waals surface area contributed by atoms with E-state index in [0.29, 0.717) is 11.7 Å². The highest BCUT2D eigenvalue weighted by Crippen LogP contribution is 2.24. The number of carbonyl (C=O) groups excluding carboxylic acids is 1. The number of benzene rings is 1. The van der Waals surface area contributed by atoms with E-state index < -0.39 is 0 Å². The van der Waals surface area contributed by atoms with E-state index in [9.17, 15) is 4.79 Å². The molecule has 0 aliphatic heterocycles. The number of hydrogen-bond acceptors (Lipinski definition) is 7. The molecule has 3 aromatic rings. The van der Waals surface area contributed by atoms with Gasteiger partial charge in [0.15, 0.2) is 5.16 Å². The Hall–Kier alpha value is -2.36. The third-order valence-electron chi connectivity index (χ3n) is 4.45. The first-order chi connectivity index (χ1) is 14.0. The van der Waals surface area contributed by atoms with Crippen molar-refractivity contribution in [2.24, 2.45) is 0 Å². The van der Waals surface area contributed by atoms with E-state index in [-0.39, 0.29) is 17.7 Å². The molecule has 0 saturated carbocycles. The third kappa shape index (κ3) is 5.37. The van der Waals surface area contributed by atoms with Gasteiger partial charge >= 0.3 is 0 Å². The number of thiophene rings is 1. The second-order valence-corrected chi connectivity index (χ2v) is 8.57. The summed E-state index contributed by atoms with van der Waals surface area (Å²) < 4.78 is 7.15. The molecule has 154 valence electrons. The minimum absolute atomic E-state index is 0.0275. The van der Waals surface area contributed by atoms with E-state index in [0.717, 1.165) is 17.3 Å². The fraction of sp³-hybridized carbons (Fsp3) is 0.350. The summed E-state index contributed by atoms with van der Waals surface area (Å²) >= 11 is 3.07. The SMILES string of the molecule is COc1ccc(-n2c(C)nnc2SCC(=O)NCC(c2cccs2)N(C)C)cc1. The Morgan fingerprint density at radius 1 is 1.28 bits per heavy atom. The molecule has 29 heavy (non-hydrogen) atoms. The number of methoxy groups -OCH3 is 1. The molecule has 0 aliphatic rings. The van der Waals surface area contributed by atoms with Gasteiger partial charge in [-0.05, 0) is 56.7 Å². The highest BCUT2D eigenvalue weighted by molar-refractivity contribution is 7.99. The van der Waals surface area contributed by atoms with Crippen molar-refractivity contribution in [2.75, 3.05) is 33.5 Å². The van der Waals surface area contributed by atoms with Crippen LogP contribution in [0.3, 0.4) is 0 Å².